The predicted molar refractivity (Wildman–Crippen MR) is 53.9 cm³/mol. The maximum Gasteiger partial charge on any atom is 0.0786 e. The van der Waals surface area contributed by atoms with Crippen LogP contribution in [0.1, 0.15) is 31.4 Å². The molecule has 1 aromatic heterocycles. The van der Waals surface area contributed by atoms with Crippen LogP contribution in [0.4, 0.5) is 0 Å². The maximum absolute atomic E-state index is 4.14. The molecular formula is C9H15N3S. The first-order valence-electron chi connectivity index (χ1n) is 4.85. The first kappa shape index (κ1) is 9.09. The van der Waals surface area contributed by atoms with E-state index in [0.29, 0.717) is 5.92 Å². The molecule has 1 N–H and O–H groups in total. The minimum Gasteiger partial charge on any atom is -0.317 e. The molecule has 3 nitrogen and oxygen atoms in total. The molecule has 13 heavy (non-hydrogen) atoms. The molecule has 0 spiro atoms. The van der Waals surface area contributed by atoms with Gasteiger partial charge >= 0.3 is 0 Å². The van der Waals surface area contributed by atoms with Gasteiger partial charge in [-0.05, 0) is 43.4 Å². The summed E-state index contributed by atoms with van der Waals surface area (Å²) in [7, 11) is 0. The van der Waals surface area contributed by atoms with Gasteiger partial charge in [0.05, 0.1) is 5.69 Å². The first-order chi connectivity index (χ1) is 6.38. The molecule has 1 atom stereocenters. The second-order valence-electron chi connectivity index (χ2n) is 3.71. The van der Waals surface area contributed by atoms with Gasteiger partial charge in [-0.25, -0.2) is 0 Å². The molecule has 1 unspecified atom stereocenters. The van der Waals surface area contributed by atoms with Gasteiger partial charge in [-0.1, -0.05) is 11.4 Å². The lowest BCUT2D eigenvalue weighted by atomic mass is 9.84. The quantitative estimate of drug-likeness (QED) is 0.783. The van der Waals surface area contributed by atoms with E-state index in [1.165, 1.54) is 30.1 Å². The molecule has 0 amide bonds. The van der Waals surface area contributed by atoms with Crippen LogP contribution in [0.3, 0.4) is 0 Å². The Balaban J connectivity index is 1.99. The molecule has 1 aromatic rings. The Morgan fingerprint density at radius 2 is 2.31 bits per heavy atom. The van der Waals surface area contributed by atoms with E-state index < -0.39 is 0 Å². The lowest BCUT2D eigenvalue weighted by Crippen LogP contribution is -2.30. The van der Waals surface area contributed by atoms with Crippen LogP contribution >= 0.6 is 11.5 Å². The SMILES string of the molecule is CC(c1csnn1)C1CCNCC1. The maximum atomic E-state index is 4.14. The van der Waals surface area contributed by atoms with Crippen LogP contribution in [-0.2, 0) is 0 Å². The van der Waals surface area contributed by atoms with E-state index in [9.17, 15) is 0 Å². The molecule has 0 radical (unpaired) electrons. The first-order valence-corrected chi connectivity index (χ1v) is 5.69. The molecule has 2 rings (SSSR count). The van der Waals surface area contributed by atoms with E-state index in [-0.39, 0.29) is 0 Å². The zero-order chi connectivity index (χ0) is 9.10. The third-order valence-corrected chi connectivity index (χ3v) is 3.46. The van der Waals surface area contributed by atoms with Gasteiger partial charge in [-0.3, -0.25) is 0 Å². The highest BCUT2D eigenvalue weighted by atomic mass is 32.1. The molecule has 72 valence electrons. The fourth-order valence-electron chi connectivity index (χ4n) is 1.96. The smallest absolute Gasteiger partial charge is 0.0786 e. The number of aromatic nitrogens is 2. The molecule has 0 saturated carbocycles. The molecule has 4 heteroatoms. The summed E-state index contributed by atoms with van der Waals surface area (Å²) in [5.74, 6) is 1.38. The largest absolute Gasteiger partial charge is 0.317 e. The normalized spacial score (nSPS) is 21.6. The standard InChI is InChI=1S/C9H15N3S/c1-7(9-6-13-12-11-9)8-2-4-10-5-3-8/h6-8,10H,2-5H2,1H3. The Morgan fingerprint density at radius 3 is 2.92 bits per heavy atom. The lowest BCUT2D eigenvalue weighted by molar-refractivity contribution is 0.326. The fourth-order valence-corrected chi connectivity index (χ4v) is 2.51. The van der Waals surface area contributed by atoms with E-state index in [2.05, 4.69) is 27.2 Å². The Bertz CT molecular complexity index is 241. The van der Waals surface area contributed by atoms with Crippen molar-refractivity contribution in [1.82, 2.24) is 14.9 Å². The second-order valence-corrected chi connectivity index (χ2v) is 4.32. The van der Waals surface area contributed by atoms with Crippen molar-refractivity contribution >= 4 is 11.5 Å². The van der Waals surface area contributed by atoms with Crippen molar-refractivity contribution in [2.24, 2.45) is 5.92 Å². The predicted octanol–water partition coefficient (Wildman–Crippen LogP) is 1.64. The number of hydrogen-bond donors (Lipinski definition) is 1. The number of nitrogens with one attached hydrogen (secondary N) is 1. The van der Waals surface area contributed by atoms with Gasteiger partial charge in [0, 0.05) is 11.3 Å². The minimum absolute atomic E-state index is 0.584. The molecule has 0 aromatic carbocycles. The molecular weight excluding hydrogens is 182 g/mol. The van der Waals surface area contributed by atoms with Crippen LogP contribution in [0.25, 0.3) is 0 Å². The van der Waals surface area contributed by atoms with Crippen LogP contribution in [0, 0.1) is 5.92 Å². The number of nitrogens with zero attached hydrogens (tertiary/aromatic N) is 2. The van der Waals surface area contributed by atoms with Gasteiger partial charge in [-0.2, -0.15) is 0 Å². The third-order valence-electron chi connectivity index (χ3n) is 2.93. The molecule has 2 heterocycles. The van der Waals surface area contributed by atoms with Gasteiger partial charge in [-0.15, -0.1) is 5.10 Å². The Hall–Kier alpha value is -0.480. The number of piperidine rings is 1. The second kappa shape index (κ2) is 4.15. The monoisotopic (exact) mass is 197 g/mol. The number of rotatable bonds is 2. The summed E-state index contributed by atoms with van der Waals surface area (Å²) < 4.78 is 3.91. The van der Waals surface area contributed by atoms with Crippen LogP contribution in [0.2, 0.25) is 0 Å². The van der Waals surface area contributed by atoms with Gasteiger partial charge < -0.3 is 5.32 Å². The summed E-state index contributed by atoms with van der Waals surface area (Å²) in [5, 5.41) is 9.60. The van der Waals surface area contributed by atoms with Crippen molar-refractivity contribution in [2.45, 2.75) is 25.7 Å². The molecule has 1 aliphatic heterocycles. The van der Waals surface area contributed by atoms with Crippen molar-refractivity contribution in [1.29, 1.82) is 0 Å². The van der Waals surface area contributed by atoms with Crippen molar-refractivity contribution in [2.75, 3.05) is 13.1 Å². The van der Waals surface area contributed by atoms with Crippen LogP contribution in [-0.4, -0.2) is 22.7 Å². The lowest BCUT2D eigenvalue weighted by Gasteiger charge is -2.26. The molecule has 0 bridgehead atoms. The summed E-state index contributed by atoms with van der Waals surface area (Å²) in [5.41, 5.74) is 1.18. The molecule has 1 aliphatic rings. The third kappa shape index (κ3) is 2.06. The van der Waals surface area contributed by atoms with Crippen molar-refractivity contribution in [3.8, 4) is 0 Å². The summed E-state index contributed by atoms with van der Waals surface area (Å²) in [4.78, 5) is 0. The minimum atomic E-state index is 0.584. The van der Waals surface area contributed by atoms with Crippen LogP contribution in [0.15, 0.2) is 5.38 Å². The van der Waals surface area contributed by atoms with Crippen LogP contribution < -0.4 is 5.32 Å². The summed E-state index contributed by atoms with van der Waals surface area (Å²) in [6.45, 7) is 4.59. The topological polar surface area (TPSA) is 37.8 Å². The van der Waals surface area contributed by atoms with Crippen molar-refractivity contribution in [3.63, 3.8) is 0 Å². The van der Waals surface area contributed by atoms with E-state index in [4.69, 9.17) is 0 Å². The Labute approximate surface area is 82.7 Å². The molecule has 1 saturated heterocycles. The van der Waals surface area contributed by atoms with E-state index in [1.54, 1.807) is 0 Å². The van der Waals surface area contributed by atoms with Gasteiger partial charge in [0.15, 0.2) is 0 Å². The average molecular weight is 197 g/mol. The van der Waals surface area contributed by atoms with Crippen LogP contribution in [0.5, 0.6) is 0 Å². The highest BCUT2D eigenvalue weighted by Gasteiger charge is 2.22. The van der Waals surface area contributed by atoms with Crippen molar-refractivity contribution < 1.29 is 0 Å². The Kier molecular flexibility index (Phi) is 2.90. The highest BCUT2D eigenvalue weighted by molar-refractivity contribution is 7.03. The van der Waals surface area contributed by atoms with Gasteiger partial charge in [0.25, 0.3) is 0 Å². The molecule has 0 aliphatic carbocycles. The van der Waals surface area contributed by atoms with E-state index in [0.717, 1.165) is 19.0 Å². The highest BCUT2D eigenvalue weighted by Crippen LogP contribution is 2.29. The van der Waals surface area contributed by atoms with Gasteiger partial charge in [0.2, 0.25) is 0 Å². The number of hydrogen-bond acceptors (Lipinski definition) is 4. The van der Waals surface area contributed by atoms with E-state index in [1.807, 2.05) is 0 Å². The summed E-state index contributed by atoms with van der Waals surface area (Å²) in [6, 6.07) is 0. The zero-order valence-electron chi connectivity index (χ0n) is 7.86. The van der Waals surface area contributed by atoms with Gasteiger partial charge in [0.1, 0.15) is 0 Å². The average Bonchev–Trinajstić information content (AvgIpc) is 2.71. The van der Waals surface area contributed by atoms with Crippen molar-refractivity contribution in [3.05, 3.63) is 11.1 Å². The zero-order valence-corrected chi connectivity index (χ0v) is 8.68. The fraction of sp³-hybridized carbons (Fsp3) is 0.778. The Morgan fingerprint density at radius 1 is 1.54 bits per heavy atom. The molecule has 1 fully saturated rings. The summed E-state index contributed by atoms with van der Waals surface area (Å²) >= 11 is 1.46. The summed E-state index contributed by atoms with van der Waals surface area (Å²) in [6.07, 6.45) is 2.55. The van der Waals surface area contributed by atoms with E-state index >= 15 is 0 Å².